The Balaban J connectivity index is 1.99. The molecule has 0 bridgehead atoms. The molecule has 0 amide bonds. The summed E-state index contributed by atoms with van der Waals surface area (Å²) >= 11 is 0. The summed E-state index contributed by atoms with van der Waals surface area (Å²) in [5.74, 6) is 1.67. The molecule has 1 aromatic heterocycles. The van der Waals surface area contributed by atoms with Gasteiger partial charge in [0, 0.05) is 13.1 Å². The van der Waals surface area contributed by atoms with E-state index in [0.29, 0.717) is 31.0 Å². The van der Waals surface area contributed by atoms with Crippen molar-refractivity contribution >= 4 is 5.95 Å². The summed E-state index contributed by atoms with van der Waals surface area (Å²) in [7, 11) is 0. The Bertz CT molecular complexity index is 347. The van der Waals surface area contributed by atoms with Crippen molar-refractivity contribution in [2.45, 2.75) is 26.3 Å². The summed E-state index contributed by atoms with van der Waals surface area (Å²) in [5.41, 5.74) is 6.00. The van der Waals surface area contributed by atoms with Gasteiger partial charge in [0.2, 0.25) is 5.89 Å². The fourth-order valence-electron chi connectivity index (χ4n) is 1.88. The number of anilines is 1. The molecule has 0 aromatic carbocycles. The second-order valence-corrected chi connectivity index (χ2v) is 4.77. The number of morpholine rings is 1. The summed E-state index contributed by atoms with van der Waals surface area (Å²) in [6.07, 6.45) is 0.852. The van der Waals surface area contributed by atoms with Crippen molar-refractivity contribution in [1.29, 1.82) is 0 Å². The Hall–Kier alpha value is -1.14. The van der Waals surface area contributed by atoms with E-state index in [2.05, 4.69) is 28.9 Å². The van der Waals surface area contributed by atoms with E-state index in [1.807, 2.05) is 0 Å². The molecular formula is C11H20N4O2. The van der Waals surface area contributed by atoms with Crippen LogP contribution in [0.15, 0.2) is 4.52 Å². The number of hydrogen-bond donors (Lipinski definition) is 1. The van der Waals surface area contributed by atoms with Crippen LogP contribution in [-0.2, 0) is 4.74 Å². The summed E-state index contributed by atoms with van der Waals surface area (Å²) < 4.78 is 10.5. The van der Waals surface area contributed by atoms with E-state index in [9.17, 15) is 0 Å². The molecule has 1 fully saturated rings. The van der Waals surface area contributed by atoms with E-state index in [-0.39, 0.29) is 6.04 Å². The first-order chi connectivity index (χ1) is 8.16. The van der Waals surface area contributed by atoms with E-state index in [0.717, 1.165) is 19.5 Å². The Morgan fingerprint density at radius 2 is 2.06 bits per heavy atom. The molecule has 1 saturated heterocycles. The molecule has 2 rings (SSSR count). The standard InChI is InChI=1S/C11H20N4O2/c1-8(2)7-9(12)10-13-11(14-17-10)15-3-5-16-6-4-15/h8-9H,3-7,12H2,1-2H3. The van der Waals surface area contributed by atoms with Crippen molar-refractivity contribution in [3.05, 3.63) is 5.89 Å². The van der Waals surface area contributed by atoms with Gasteiger partial charge in [0.15, 0.2) is 0 Å². The van der Waals surface area contributed by atoms with Crippen molar-refractivity contribution in [3.8, 4) is 0 Å². The van der Waals surface area contributed by atoms with Crippen LogP contribution in [-0.4, -0.2) is 36.4 Å². The van der Waals surface area contributed by atoms with Crippen molar-refractivity contribution in [1.82, 2.24) is 10.1 Å². The lowest BCUT2D eigenvalue weighted by atomic mass is 10.0. The zero-order valence-electron chi connectivity index (χ0n) is 10.4. The zero-order chi connectivity index (χ0) is 12.3. The van der Waals surface area contributed by atoms with Gasteiger partial charge in [0.05, 0.1) is 19.3 Å². The minimum atomic E-state index is -0.169. The summed E-state index contributed by atoms with van der Waals surface area (Å²) in [5, 5.41) is 3.97. The summed E-state index contributed by atoms with van der Waals surface area (Å²) in [4.78, 5) is 6.41. The first-order valence-electron chi connectivity index (χ1n) is 6.08. The van der Waals surface area contributed by atoms with Gasteiger partial charge in [-0.1, -0.05) is 13.8 Å². The topological polar surface area (TPSA) is 77.4 Å². The Morgan fingerprint density at radius 1 is 1.35 bits per heavy atom. The van der Waals surface area contributed by atoms with Crippen LogP contribution in [0.4, 0.5) is 5.95 Å². The van der Waals surface area contributed by atoms with Crippen LogP contribution in [0.3, 0.4) is 0 Å². The molecule has 1 atom stereocenters. The summed E-state index contributed by atoms with van der Waals surface area (Å²) in [6.45, 7) is 7.28. The van der Waals surface area contributed by atoms with E-state index < -0.39 is 0 Å². The van der Waals surface area contributed by atoms with Crippen molar-refractivity contribution in [2.75, 3.05) is 31.2 Å². The highest BCUT2D eigenvalue weighted by Gasteiger charge is 2.20. The molecule has 6 nitrogen and oxygen atoms in total. The molecule has 0 aliphatic carbocycles. The lowest BCUT2D eigenvalue weighted by Gasteiger charge is -2.24. The molecule has 96 valence electrons. The lowest BCUT2D eigenvalue weighted by molar-refractivity contribution is 0.121. The maximum absolute atomic E-state index is 6.00. The quantitative estimate of drug-likeness (QED) is 0.844. The Morgan fingerprint density at radius 3 is 2.71 bits per heavy atom. The third kappa shape index (κ3) is 3.17. The molecule has 0 saturated carbocycles. The van der Waals surface area contributed by atoms with Gasteiger partial charge in [-0.25, -0.2) is 0 Å². The second-order valence-electron chi connectivity index (χ2n) is 4.77. The van der Waals surface area contributed by atoms with Gasteiger partial charge in [-0.3, -0.25) is 0 Å². The molecule has 17 heavy (non-hydrogen) atoms. The average molecular weight is 240 g/mol. The number of rotatable bonds is 4. The monoisotopic (exact) mass is 240 g/mol. The highest BCUT2D eigenvalue weighted by molar-refractivity contribution is 5.28. The van der Waals surface area contributed by atoms with E-state index in [1.54, 1.807) is 0 Å². The average Bonchev–Trinajstić information content (AvgIpc) is 2.78. The van der Waals surface area contributed by atoms with Gasteiger partial charge >= 0.3 is 0 Å². The molecule has 1 aromatic rings. The van der Waals surface area contributed by atoms with Crippen molar-refractivity contribution in [3.63, 3.8) is 0 Å². The fourth-order valence-corrected chi connectivity index (χ4v) is 1.88. The van der Waals surface area contributed by atoms with Crippen LogP contribution < -0.4 is 10.6 Å². The molecule has 6 heteroatoms. The zero-order valence-corrected chi connectivity index (χ0v) is 10.4. The molecule has 1 aliphatic rings. The maximum atomic E-state index is 6.00. The van der Waals surface area contributed by atoms with Crippen LogP contribution in [0.5, 0.6) is 0 Å². The van der Waals surface area contributed by atoms with Gasteiger partial charge in [0.1, 0.15) is 0 Å². The molecule has 1 aliphatic heterocycles. The van der Waals surface area contributed by atoms with Crippen LogP contribution in [0.25, 0.3) is 0 Å². The minimum absolute atomic E-state index is 0.169. The van der Waals surface area contributed by atoms with Crippen LogP contribution in [0, 0.1) is 5.92 Å². The number of nitrogens with two attached hydrogens (primary N) is 1. The maximum Gasteiger partial charge on any atom is 0.266 e. The van der Waals surface area contributed by atoms with Gasteiger partial charge in [-0.05, 0) is 17.5 Å². The molecular weight excluding hydrogens is 220 g/mol. The van der Waals surface area contributed by atoms with Crippen molar-refractivity contribution < 1.29 is 9.26 Å². The van der Waals surface area contributed by atoms with Crippen LogP contribution >= 0.6 is 0 Å². The first-order valence-corrected chi connectivity index (χ1v) is 6.08. The van der Waals surface area contributed by atoms with Gasteiger partial charge < -0.3 is 19.9 Å². The SMILES string of the molecule is CC(C)CC(N)c1nc(N2CCOCC2)no1. The molecule has 2 heterocycles. The van der Waals surface area contributed by atoms with Crippen LogP contribution in [0.1, 0.15) is 32.2 Å². The predicted octanol–water partition coefficient (Wildman–Crippen LogP) is 0.952. The highest BCUT2D eigenvalue weighted by atomic mass is 16.5. The van der Waals surface area contributed by atoms with E-state index >= 15 is 0 Å². The summed E-state index contributed by atoms with van der Waals surface area (Å²) in [6, 6.07) is -0.169. The molecule has 2 N–H and O–H groups in total. The van der Waals surface area contributed by atoms with Crippen molar-refractivity contribution in [2.24, 2.45) is 11.7 Å². The third-order valence-electron chi connectivity index (χ3n) is 2.77. The van der Waals surface area contributed by atoms with E-state index in [1.165, 1.54) is 0 Å². The van der Waals surface area contributed by atoms with Gasteiger partial charge in [-0.15, -0.1) is 0 Å². The van der Waals surface area contributed by atoms with Crippen LogP contribution in [0.2, 0.25) is 0 Å². The Kier molecular flexibility index (Phi) is 3.96. The molecule has 0 spiro atoms. The minimum Gasteiger partial charge on any atom is -0.378 e. The predicted molar refractivity (Wildman–Crippen MR) is 63.7 cm³/mol. The number of hydrogen-bond acceptors (Lipinski definition) is 6. The van der Waals surface area contributed by atoms with Gasteiger partial charge in [-0.2, -0.15) is 4.98 Å². The molecule has 0 radical (unpaired) electrons. The number of ether oxygens (including phenoxy) is 1. The normalized spacial score (nSPS) is 18.7. The van der Waals surface area contributed by atoms with E-state index in [4.69, 9.17) is 15.0 Å². The Labute approximate surface area is 101 Å². The largest absolute Gasteiger partial charge is 0.378 e. The fraction of sp³-hybridized carbons (Fsp3) is 0.818. The first kappa shape index (κ1) is 12.3. The highest BCUT2D eigenvalue weighted by Crippen LogP contribution is 2.19. The number of aromatic nitrogens is 2. The lowest BCUT2D eigenvalue weighted by Crippen LogP contribution is -2.36. The number of nitrogens with zero attached hydrogens (tertiary/aromatic N) is 3. The van der Waals surface area contributed by atoms with Gasteiger partial charge in [0.25, 0.3) is 5.95 Å². The second kappa shape index (κ2) is 5.46. The third-order valence-corrected chi connectivity index (χ3v) is 2.77. The smallest absolute Gasteiger partial charge is 0.266 e. The molecule has 1 unspecified atom stereocenters.